The number of piperidine rings is 1. The molecule has 0 radical (unpaired) electrons. The summed E-state index contributed by atoms with van der Waals surface area (Å²) in [5.41, 5.74) is 2.23. The summed E-state index contributed by atoms with van der Waals surface area (Å²) < 4.78 is 25.8. The molecule has 1 N–H and O–H groups in total. The number of likely N-dealkylation sites (tertiary alicyclic amines) is 1. The van der Waals surface area contributed by atoms with Gasteiger partial charge in [-0.25, -0.2) is 13.2 Å². The summed E-state index contributed by atoms with van der Waals surface area (Å²) in [7, 11) is -1.23. The summed E-state index contributed by atoms with van der Waals surface area (Å²) in [5.74, 6) is 0.113. The van der Waals surface area contributed by atoms with Crippen molar-refractivity contribution in [3.8, 4) is 0 Å². The largest absolute Gasteiger partial charge is 0.337 e. The minimum Gasteiger partial charge on any atom is -0.337 e. The van der Waals surface area contributed by atoms with Crippen molar-refractivity contribution < 1.29 is 13.2 Å². The molecular weight excluding hydrogens is 388 g/mol. The van der Waals surface area contributed by atoms with Gasteiger partial charge in [0.05, 0.1) is 10.2 Å². The number of nitrogens with zero attached hydrogens (tertiary/aromatic N) is 3. The average Bonchev–Trinajstić information content (AvgIpc) is 3.17. The zero-order valence-corrected chi connectivity index (χ0v) is 17.6. The molecule has 3 aliphatic rings. The Morgan fingerprint density at radius 2 is 2.00 bits per heavy atom. The Morgan fingerprint density at radius 1 is 1.24 bits per heavy atom. The van der Waals surface area contributed by atoms with Crippen LogP contribution in [0.1, 0.15) is 30.4 Å². The lowest BCUT2D eigenvalue weighted by Crippen LogP contribution is -2.39. The molecule has 1 saturated heterocycles. The van der Waals surface area contributed by atoms with Gasteiger partial charge in [-0.1, -0.05) is 12.2 Å². The van der Waals surface area contributed by atoms with Gasteiger partial charge >= 0.3 is 6.03 Å². The van der Waals surface area contributed by atoms with Crippen LogP contribution in [-0.2, 0) is 22.9 Å². The quantitative estimate of drug-likeness (QED) is 0.813. The second-order valence-corrected chi connectivity index (χ2v) is 10.4. The highest BCUT2D eigenvalue weighted by Gasteiger charge is 2.32. The number of hydrogen-bond donors (Lipinski definition) is 1. The summed E-state index contributed by atoms with van der Waals surface area (Å²) in [6.45, 7) is 3.33. The molecule has 2 aliphatic heterocycles. The minimum atomic E-state index is -3.26. The van der Waals surface area contributed by atoms with E-state index in [2.05, 4.69) is 15.2 Å². The van der Waals surface area contributed by atoms with Crippen molar-refractivity contribution in [1.29, 1.82) is 0 Å². The minimum absolute atomic E-state index is 0.0941. The molecule has 4 rings (SSSR count). The van der Waals surface area contributed by atoms with Gasteiger partial charge in [0, 0.05) is 32.0 Å². The van der Waals surface area contributed by atoms with E-state index >= 15 is 0 Å². The predicted molar refractivity (Wildman–Crippen MR) is 112 cm³/mol. The van der Waals surface area contributed by atoms with E-state index in [1.54, 1.807) is 17.2 Å². The van der Waals surface area contributed by atoms with Gasteiger partial charge in [0.1, 0.15) is 0 Å². The molecular formula is C21H28N4O3S. The molecule has 0 aromatic carbocycles. The van der Waals surface area contributed by atoms with Crippen molar-refractivity contribution in [3.05, 3.63) is 52.7 Å². The summed E-state index contributed by atoms with van der Waals surface area (Å²) in [4.78, 5) is 21.0. The van der Waals surface area contributed by atoms with Crippen molar-refractivity contribution in [2.24, 2.45) is 5.92 Å². The van der Waals surface area contributed by atoms with E-state index in [4.69, 9.17) is 0 Å². The molecule has 7 nitrogen and oxygen atoms in total. The number of fused-ring (bicyclic) bond motifs is 1. The lowest BCUT2D eigenvalue weighted by molar-refractivity contribution is 0.197. The Kier molecular flexibility index (Phi) is 5.74. The maximum Gasteiger partial charge on any atom is 0.318 e. The molecule has 156 valence electrons. The summed E-state index contributed by atoms with van der Waals surface area (Å²) in [5, 5.41) is 2.70. The molecule has 1 unspecified atom stereocenters. The third-order valence-electron chi connectivity index (χ3n) is 6.12. The Bertz CT molecular complexity index is 908. The van der Waals surface area contributed by atoms with Crippen molar-refractivity contribution in [1.82, 2.24) is 20.1 Å². The second kappa shape index (κ2) is 8.28. The van der Waals surface area contributed by atoms with E-state index in [0.29, 0.717) is 43.8 Å². The number of carbonyl (C=O) groups is 1. The molecule has 1 aromatic heterocycles. The van der Waals surface area contributed by atoms with Gasteiger partial charge in [0.15, 0.2) is 9.84 Å². The molecule has 2 amide bonds. The van der Waals surface area contributed by atoms with E-state index < -0.39 is 9.84 Å². The van der Waals surface area contributed by atoms with Gasteiger partial charge in [-0.2, -0.15) is 0 Å². The number of amides is 2. The van der Waals surface area contributed by atoms with Gasteiger partial charge in [-0.3, -0.25) is 4.98 Å². The summed E-state index contributed by atoms with van der Waals surface area (Å²) >= 11 is 0. The molecule has 0 saturated carbocycles. The van der Waals surface area contributed by atoms with Crippen LogP contribution in [0.15, 0.2) is 41.6 Å². The lowest BCUT2D eigenvalue weighted by atomic mass is 10.0. The van der Waals surface area contributed by atoms with Gasteiger partial charge < -0.3 is 15.1 Å². The third-order valence-corrected chi connectivity index (χ3v) is 8.43. The second-order valence-electron chi connectivity index (χ2n) is 8.20. The van der Waals surface area contributed by atoms with Gasteiger partial charge in [-0.15, -0.1) is 0 Å². The molecule has 1 aliphatic carbocycles. The molecule has 8 heteroatoms. The van der Waals surface area contributed by atoms with Crippen molar-refractivity contribution in [2.75, 3.05) is 26.7 Å². The van der Waals surface area contributed by atoms with Crippen LogP contribution in [-0.4, -0.2) is 61.2 Å². The lowest BCUT2D eigenvalue weighted by Gasteiger charge is -2.29. The van der Waals surface area contributed by atoms with Gasteiger partial charge in [-0.05, 0) is 68.6 Å². The first-order valence-electron chi connectivity index (χ1n) is 10.2. The smallest absolute Gasteiger partial charge is 0.318 e. The highest BCUT2D eigenvalue weighted by atomic mass is 32.2. The van der Waals surface area contributed by atoms with Crippen LogP contribution in [0.4, 0.5) is 4.79 Å². The Labute approximate surface area is 172 Å². The van der Waals surface area contributed by atoms with Crippen molar-refractivity contribution in [3.63, 3.8) is 0 Å². The van der Waals surface area contributed by atoms with Crippen molar-refractivity contribution in [2.45, 2.75) is 37.6 Å². The Balaban J connectivity index is 1.27. The highest BCUT2D eigenvalue weighted by Crippen LogP contribution is 2.28. The number of nitrogens with one attached hydrogen (secondary N) is 1. The number of sulfone groups is 1. The first-order chi connectivity index (χ1) is 13.9. The maximum atomic E-state index is 12.9. The first-order valence-corrected chi connectivity index (χ1v) is 11.7. The van der Waals surface area contributed by atoms with Crippen LogP contribution >= 0.6 is 0 Å². The van der Waals surface area contributed by atoms with E-state index in [1.807, 2.05) is 31.5 Å². The molecule has 1 atom stereocenters. The van der Waals surface area contributed by atoms with Gasteiger partial charge in [0.25, 0.3) is 0 Å². The van der Waals surface area contributed by atoms with Crippen LogP contribution in [0.5, 0.6) is 0 Å². The van der Waals surface area contributed by atoms with Crippen LogP contribution in [0.2, 0.25) is 0 Å². The Hall–Kier alpha value is -2.19. The van der Waals surface area contributed by atoms with E-state index in [1.165, 1.54) is 0 Å². The molecule has 3 heterocycles. The van der Waals surface area contributed by atoms with Crippen LogP contribution in [0.3, 0.4) is 0 Å². The number of carbonyl (C=O) groups excluding carboxylic acids is 1. The monoisotopic (exact) mass is 416 g/mol. The fourth-order valence-electron chi connectivity index (χ4n) is 4.19. The van der Waals surface area contributed by atoms with Crippen LogP contribution < -0.4 is 5.32 Å². The normalized spacial score (nSPS) is 23.0. The maximum absolute atomic E-state index is 12.9. The standard InChI is InChI=1S/C21H28N4O3S/c1-24-10-7-20(8-11-24)29(27,28)19-4-2-16(3-5-19)12-23-21(26)25-14-17-6-9-22-13-18(17)15-25/h2,4-6,9,13,16,20H,3,7-8,10-12,14-15H2,1H3,(H,23,26). The molecule has 0 spiro atoms. The van der Waals surface area contributed by atoms with E-state index in [9.17, 15) is 13.2 Å². The predicted octanol–water partition coefficient (Wildman–Crippen LogP) is 2.08. The molecule has 1 fully saturated rings. The van der Waals surface area contributed by atoms with Crippen molar-refractivity contribution >= 4 is 15.9 Å². The Morgan fingerprint density at radius 3 is 2.69 bits per heavy atom. The molecule has 29 heavy (non-hydrogen) atoms. The average molecular weight is 417 g/mol. The van der Waals surface area contributed by atoms with Crippen LogP contribution in [0, 0.1) is 5.92 Å². The fraction of sp³-hybridized carbons (Fsp3) is 0.524. The zero-order valence-electron chi connectivity index (χ0n) is 16.8. The molecule has 1 aromatic rings. The number of hydrogen-bond acceptors (Lipinski definition) is 5. The SMILES string of the molecule is CN1CCC(S(=O)(=O)C2=CCC(CNC(=O)N3Cc4ccncc4C3)C=C2)CC1. The number of allylic oxidation sites excluding steroid dienone is 2. The number of urea groups is 1. The van der Waals surface area contributed by atoms with E-state index in [0.717, 1.165) is 24.2 Å². The van der Waals surface area contributed by atoms with Crippen LogP contribution in [0.25, 0.3) is 0 Å². The number of rotatable bonds is 4. The first kappa shape index (κ1) is 20.1. The zero-order chi connectivity index (χ0) is 20.4. The molecule has 0 bridgehead atoms. The number of aromatic nitrogens is 1. The third kappa shape index (κ3) is 4.38. The number of pyridine rings is 1. The van der Waals surface area contributed by atoms with Gasteiger partial charge in [0.2, 0.25) is 0 Å². The summed E-state index contributed by atoms with van der Waals surface area (Å²) in [6.07, 6.45) is 11.0. The summed E-state index contributed by atoms with van der Waals surface area (Å²) in [6, 6.07) is 1.85. The fourth-order valence-corrected chi connectivity index (χ4v) is 6.00. The highest BCUT2D eigenvalue weighted by molar-refractivity contribution is 7.96. The topological polar surface area (TPSA) is 82.6 Å². The van der Waals surface area contributed by atoms with E-state index in [-0.39, 0.29) is 17.2 Å².